The van der Waals surface area contributed by atoms with Gasteiger partial charge >= 0.3 is 0 Å². The molecule has 0 spiro atoms. The van der Waals surface area contributed by atoms with Crippen LogP contribution >= 0.6 is 35.0 Å². The lowest BCUT2D eigenvalue weighted by Crippen LogP contribution is -2.14. The van der Waals surface area contributed by atoms with Crippen molar-refractivity contribution in [1.82, 2.24) is 5.32 Å². The van der Waals surface area contributed by atoms with Crippen LogP contribution in [0.1, 0.15) is 18.9 Å². The first-order chi connectivity index (χ1) is 9.69. The van der Waals surface area contributed by atoms with Gasteiger partial charge < -0.3 is 5.32 Å². The molecule has 0 aliphatic heterocycles. The molecule has 2 rings (SSSR count). The fourth-order valence-electron chi connectivity index (χ4n) is 1.80. The normalized spacial score (nSPS) is 10.8. The molecule has 0 bridgehead atoms. The third-order valence-corrected chi connectivity index (χ3v) is 4.41. The van der Waals surface area contributed by atoms with Crippen LogP contribution in [0.15, 0.2) is 52.3 Å². The number of hydrogen-bond acceptors (Lipinski definition) is 2. The van der Waals surface area contributed by atoms with E-state index in [2.05, 4.69) is 18.3 Å². The highest BCUT2D eigenvalue weighted by Crippen LogP contribution is 2.33. The number of rotatable bonds is 6. The highest BCUT2D eigenvalue weighted by atomic mass is 35.5. The first kappa shape index (κ1) is 15.7. The van der Waals surface area contributed by atoms with Crippen molar-refractivity contribution in [2.45, 2.75) is 29.7 Å². The van der Waals surface area contributed by atoms with Crippen LogP contribution < -0.4 is 5.32 Å². The van der Waals surface area contributed by atoms with Gasteiger partial charge in [-0.15, -0.1) is 0 Å². The predicted octanol–water partition coefficient (Wildman–Crippen LogP) is 5.64. The van der Waals surface area contributed by atoms with Gasteiger partial charge in [0.2, 0.25) is 0 Å². The van der Waals surface area contributed by atoms with Crippen LogP contribution in [-0.2, 0) is 6.54 Å². The fourth-order valence-corrected chi connectivity index (χ4v) is 3.14. The van der Waals surface area contributed by atoms with E-state index in [0.717, 1.165) is 34.5 Å². The molecule has 0 unspecified atom stereocenters. The summed E-state index contributed by atoms with van der Waals surface area (Å²) in [5.74, 6) is 0. The molecule has 0 amide bonds. The van der Waals surface area contributed by atoms with E-state index in [1.165, 1.54) is 10.5 Å². The second kappa shape index (κ2) is 7.94. The van der Waals surface area contributed by atoms with Gasteiger partial charge in [0.1, 0.15) is 0 Å². The van der Waals surface area contributed by atoms with Gasteiger partial charge in [-0.05, 0) is 54.9 Å². The Morgan fingerprint density at radius 2 is 1.70 bits per heavy atom. The molecule has 0 aromatic heterocycles. The zero-order chi connectivity index (χ0) is 14.4. The topological polar surface area (TPSA) is 12.0 Å². The number of hydrogen-bond donors (Lipinski definition) is 1. The van der Waals surface area contributed by atoms with Crippen molar-refractivity contribution in [3.8, 4) is 0 Å². The lowest BCUT2D eigenvalue weighted by atomic mass is 10.2. The Morgan fingerprint density at radius 3 is 2.40 bits per heavy atom. The molecule has 2 aromatic carbocycles. The molecule has 0 saturated heterocycles. The monoisotopic (exact) mass is 325 g/mol. The Balaban J connectivity index is 2.15. The van der Waals surface area contributed by atoms with Crippen molar-refractivity contribution in [1.29, 1.82) is 0 Å². The van der Waals surface area contributed by atoms with Crippen LogP contribution in [0.4, 0.5) is 0 Å². The third kappa shape index (κ3) is 4.71. The summed E-state index contributed by atoms with van der Waals surface area (Å²) < 4.78 is 0. The van der Waals surface area contributed by atoms with Crippen molar-refractivity contribution in [3.63, 3.8) is 0 Å². The van der Waals surface area contributed by atoms with Gasteiger partial charge in [0.05, 0.1) is 0 Å². The Kier molecular flexibility index (Phi) is 6.24. The van der Waals surface area contributed by atoms with Gasteiger partial charge in [0, 0.05) is 26.4 Å². The molecule has 0 fully saturated rings. The second-order valence-electron chi connectivity index (χ2n) is 4.48. The van der Waals surface area contributed by atoms with Gasteiger partial charge in [-0.3, -0.25) is 0 Å². The average Bonchev–Trinajstić information content (AvgIpc) is 2.44. The molecular formula is C16H17Cl2NS. The molecule has 1 N–H and O–H groups in total. The van der Waals surface area contributed by atoms with Crippen LogP contribution in [0.5, 0.6) is 0 Å². The smallest absolute Gasteiger partial charge is 0.0417 e. The van der Waals surface area contributed by atoms with Gasteiger partial charge in [0.25, 0.3) is 0 Å². The average molecular weight is 326 g/mol. The lowest BCUT2D eigenvalue weighted by Gasteiger charge is -2.11. The summed E-state index contributed by atoms with van der Waals surface area (Å²) in [6, 6.07) is 13.9. The summed E-state index contributed by atoms with van der Waals surface area (Å²) in [5.41, 5.74) is 1.27. The summed E-state index contributed by atoms with van der Waals surface area (Å²) in [7, 11) is 0. The molecule has 0 aliphatic carbocycles. The van der Waals surface area contributed by atoms with E-state index < -0.39 is 0 Å². The van der Waals surface area contributed by atoms with Gasteiger partial charge in [0.15, 0.2) is 0 Å². The minimum atomic E-state index is 0.755. The maximum atomic E-state index is 6.11. The molecule has 0 atom stereocenters. The standard InChI is InChI=1S/C16H17Cl2NS/c1-2-9-19-11-12-3-4-14(18)10-16(12)20-15-7-5-13(17)6-8-15/h3-8,10,19H,2,9,11H2,1H3. The Bertz CT molecular complexity index is 555. The molecule has 106 valence electrons. The summed E-state index contributed by atoms with van der Waals surface area (Å²) in [6.45, 7) is 4.05. The van der Waals surface area contributed by atoms with E-state index in [-0.39, 0.29) is 0 Å². The number of nitrogens with one attached hydrogen (secondary N) is 1. The summed E-state index contributed by atoms with van der Waals surface area (Å²) in [4.78, 5) is 2.34. The van der Waals surface area contributed by atoms with Crippen LogP contribution in [0.2, 0.25) is 10.0 Å². The molecule has 0 saturated carbocycles. The van der Waals surface area contributed by atoms with Crippen molar-refractivity contribution in [2.24, 2.45) is 0 Å². The lowest BCUT2D eigenvalue weighted by molar-refractivity contribution is 0.669. The quantitative estimate of drug-likeness (QED) is 0.689. The maximum Gasteiger partial charge on any atom is 0.0417 e. The highest BCUT2D eigenvalue weighted by molar-refractivity contribution is 7.99. The molecule has 0 radical (unpaired) electrons. The highest BCUT2D eigenvalue weighted by Gasteiger charge is 2.06. The molecule has 0 heterocycles. The van der Waals surface area contributed by atoms with E-state index in [0.29, 0.717) is 0 Å². The van der Waals surface area contributed by atoms with E-state index in [9.17, 15) is 0 Å². The summed E-state index contributed by atoms with van der Waals surface area (Å²) in [5, 5.41) is 4.95. The Labute approximate surface area is 134 Å². The Hall–Kier alpha value is -0.670. The van der Waals surface area contributed by atoms with Gasteiger partial charge in [-0.2, -0.15) is 0 Å². The predicted molar refractivity (Wildman–Crippen MR) is 89.0 cm³/mol. The SMILES string of the molecule is CCCNCc1ccc(Cl)cc1Sc1ccc(Cl)cc1. The minimum Gasteiger partial charge on any atom is -0.313 e. The zero-order valence-corrected chi connectivity index (χ0v) is 13.7. The fraction of sp³-hybridized carbons (Fsp3) is 0.250. The molecular weight excluding hydrogens is 309 g/mol. The number of benzene rings is 2. The first-order valence-corrected chi connectivity index (χ1v) is 8.19. The summed E-state index contributed by atoms with van der Waals surface area (Å²) >= 11 is 13.7. The van der Waals surface area contributed by atoms with Crippen LogP contribution in [0.3, 0.4) is 0 Å². The van der Waals surface area contributed by atoms with Crippen molar-refractivity contribution < 1.29 is 0 Å². The van der Waals surface area contributed by atoms with Gasteiger partial charge in [-0.1, -0.05) is 48.0 Å². The van der Waals surface area contributed by atoms with Crippen LogP contribution in [0.25, 0.3) is 0 Å². The second-order valence-corrected chi connectivity index (χ2v) is 6.47. The maximum absolute atomic E-state index is 6.11. The zero-order valence-electron chi connectivity index (χ0n) is 11.3. The molecule has 0 aliphatic rings. The van der Waals surface area contributed by atoms with Crippen LogP contribution in [-0.4, -0.2) is 6.54 Å². The van der Waals surface area contributed by atoms with Gasteiger partial charge in [-0.25, -0.2) is 0 Å². The number of halogens is 2. The first-order valence-electron chi connectivity index (χ1n) is 6.61. The van der Waals surface area contributed by atoms with E-state index in [1.54, 1.807) is 11.8 Å². The van der Waals surface area contributed by atoms with E-state index >= 15 is 0 Å². The Morgan fingerprint density at radius 1 is 1.00 bits per heavy atom. The molecule has 4 heteroatoms. The molecule has 1 nitrogen and oxygen atoms in total. The molecule has 20 heavy (non-hydrogen) atoms. The van der Waals surface area contributed by atoms with Crippen molar-refractivity contribution in [2.75, 3.05) is 6.54 Å². The molecule has 2 aromatic rings. The van der Waals surface area contributed by atoms with E-state index in [1.807, 2.05) is 36.4 Å². The minimum absolute atomic E-state index is 0.755. The summed E-state index contributed by atoms with van der Waals surface area (Å²) in [6.07, 6.45) is 1.13. The van der Waals surface area contributed by atoms with Crippen molar-refractivity contribution in [3.05, 3.63) is 58.1 Å². The largest absolute Gasteiger partial charge is 0.313 e. The third-order valence-electron chi connectivity index (χ3n) is 2.81. The van der Waals surface area contributed by atoms with E-state index in [4.69, 9.17) is 23.2 Å². The van der Waals surface area contributed by atoms with Crippen molar-refractivity contribution >= 4 is 35.0 Å². The van der Waals surface area contributed by atoms with Crippen LogP contribution in [0, 0.1) is 0 Å².